The van der Waals surface area contributed by atoms with E-state index < -0.39 is 0 Å². The van der Waals surface area contributed by atoms with Crippen molar-refractivity contribution in [1.29, 1.82) is 0 Å². The SMILES string of the molecule is CCCc1cc(NCC)nc(-c2ccc(Br)c(Cl)c2)n1. The first-order chi connectivity index (χ1) is 9.63. The summed E-state index contributed by atoms with van der Waals surface area (Å²) in [6, 6.07) is 7.78. The molecule has 0 unspecified atom stereocenters. The number of halogens is 2. The van der Waals surface area contributed by atoms with Crippen molar-refractivity contribution in [3.05, 3.63) is 39.5 Å². The van der Waals surface area contributed by atoms with E-state index in [9.17, 15) is 0 Å². The molecule has 0 spiro atoms. The lowest BCUT2D eigenvalue weighted by molar-refractivity contribution is 0.875. The van der Waals surface area contributed by atoms with Crippen molar-refractivity contribution < 1.29 is 0 Å². The third kappa shape index (κ3) is 3.70. The Morgan fingerprint density at radius 3 is 2.65 bits per heavy atom. The number of hydrogen-bond acceptors (Lipinski definition) is 3. The van der Waals surface area contributed by atoms with E-state index in [-0.39, 0.29) is 0 Å². The molecule has 0 aliphatic heterocycles. The normalized spacial score (nSPS) is 10.6. The molecule has 1 aromatic heterocycles. The second-order valence-electron chi connectivity index (χ2n) is 4.48. The van der Waals surface area contributed by atoms with Crippen molar-refractivity contribution in [3.63, 3.8) is 0 Å². The monoisotopic (exact) mass is 353 g/mol. The van der Waals surface area contributed by atoms with E-state index in [0.717, 1.165) is 40.9 Å². The molecule has 0 amide bonds. The van der Waals surface area contributed by atoms with Crippen LogP contribution in [0.5, 0.6) is 0 Å². The number of benzene rings is 1. The predicted octanol–water partition coefficient (Wildman–Crippen LogP) is 4.94. The Kier molecular flexibility index (Phi) is 5.38. The second-order valence-corrected chi connectivity index (χ2v) is 5.74. The van der Waals surface area contributed by atoms with Gasteiger partial charge in [-0.05, 0) is 47.5 Å². The summed E-state index contributed by atoms with van der Waals surface area (Å²) >= 11 is 9.54. The maximum atomic E-state index is 6.15. The molecule has 0 aliphatic rings. The van der Waals surface area contributed by atoms with Gasteiger partial charge in [0.15, 0.2) is 5.82 Å². The number of hydrogen-bond donors (Lipinski definition) is 1. The van der Waals surface area contributed by atoms with Gasteiger partial charge in [-0.15, -0.1) is 0 Å². The quantitative estimate of drug-likeness (QED) is 0.826. The van der Waals surface area contributed by atoms with Crippen molar-refractivity contribution in [1.82, 2.24) is 9.97 Å². The molecule has 2 rings (SSSR count). The van der Waals surface area contributed by atoms with Crippen molar-refractivity contribution >= 4 is 33.3 Å². The highest BCUT2D eigenvalue weighted by Crippen LogP contribution is 2.28. The molecule has 1 aromatic carbocycles. The Balaban J connectivity index is 2.45. The minimum absolute atomic E-state index is 0.664. The van der Waals surface area contributed by atoms with Crippen LogP contribution < -0.4 is 5.32 Å². The summed E-state index contributed by atoms with van der Waals surface area (Å²) < 4.78 is 0.875. The van der Waals surface area contributed by atoms with E-state index in [1.54, 1.807) is 0 Å². The first kappa shape index (κ1) is 15.3. The van der Waals surface area contributed by atoms with Gasteiger partial charge in [0.25, 0.3) is 0 Å². The Bertz CT molecular complexity index is 577. The van der Waals surface area contributed by atoms with Crippen LogP contribution in [-0.2, 0) is 6.42 Å². The lowest BCUT2D eigenvalue weighted by Gasteiger charge is -2.09. The van der Waals surface area contributed by atoms with E-state index in [4.69, 9.17) is 11.6 Å². The maximum absolute atomic E-state index is 6.15. The van der Waals surface area contributed by atoms with Crippen LogP contribution in [-0.4, -0.2) is 16.5 Å². The van der Waals surface area contributed by atoms with E-state index in [0.29, 0.717) is 10.8 Å². The smallest absolute Gasteiger partial charge is 0.161 e. The fourth-order valence-corrected chi connectivity index (χ4v) is 2.34. The van der Waals surface area contributed by atoms with Crippen LogP contribution in [0.25, 0.3) is 11.4 Å². The summed E-state index contributed by atoms with van der Waals surface area (Å²) in [5.41, 5.74) is 1.97. The van der Waals surface area contributed by atoms with Crippen molar-refractivity contribution in [3.8, 4) is 11.4 Å². The van der Waals surface area contributed by atoms with Crippen LogP contribution in [0.2, 0.25) is 5.02 Å². The molecule has 0 bridgehead atoms. The molecule has 1 heterocycles. The zero-order chi connectivity index (χ0) is 14.5. The van der Waals surface area contributed by atoms with Gasteiger partial charge in [-0.1, -0.05) is 24.9 Å². The fourth-order valence-electron chi connectivity index (χ4n) is 1.92. The number of nitrogens with zero attached hydrogens (tertiary/aromatic N) is 2. The highest BCUT2D eigenvalue weighted by atomic mass is 79.9. The molecular weight excluding hydrogens is 338 g/mol. The Morgan fingerprint density at radius 2 is 2.00 bits per heavy atom. The summed E-state index contributed by atoms with van der Waals surface area (Å²) in [6.07, 6.45) is 2.00. The van der Waals surface area contributed by atoms with Crippen LogP contribution in [0.4, 0.5) is 5.82 Å². The first-order valence-electron chi connectivity index (χ1n) is 6.71. The van der Waals surface area contributed by atoms with Gasteiger partial charge in [0.1, 0.15) is 5.82 Å². The molecular formula is C15H17BrClN3. The summed E-state index contributed by atoms with van der Waals surface area (Å²) in [5, 5.41) is 3.91. The summed E-state index contributed by atoms with van der Waals surface area (Å²) in [5.74, 6) is 1.57. The molecule has 3 nitrogen and oxygen atoms in total. The van der Waals surface area contributed by atoms with Gasteiger partial charge in [-0.3, -0.25) is 0 Å². The topological polar surface area (TPSA) is 37.8 Å². The van der Waals surface area contributed by atoms with E-state index in [1.807, 2.05) is 24.3 Å². The average molecular weight is 355 g/mol. The minimum Gasteiger partial charge on any atom is -0.370 e. The number of nitrogens with one attached hydrogen (secondary N) is 1. The molecule has 0 saturated carbocycles. The highest BCUT2D eigenvalue weighted by Gasteiger charge is 2.08. The zero-order valence-electron chi connectivity index (χ0n) is 11.6. The van der Waals surface area contributed by atoms with Gasteiger partial charge in [-0.25, -0.2) is 9.97 Å². The molecule has 1 N–H and O–H groups in total. The molecule has 0 saturated heterocycles. The molecule has 5 heteroatoms. The fraction of sp³-hybridized carbons (Fsp3) is 0.333. The maximum Gasteiger partial charge on any atom is 0.161 e. The average Bonchev–Trinajstić information content (AvgIpc) is 2.42. The summed E-state index contributed by atoms with van der Waals surface area (Å²) in [6.45, 7) is 5.03. The van der Waals surface area contributed by atoms with Crippen LogP contribution >= 0.6 is 27.5 Å². The lowest BCUT2D eigenvalue weighted by Crippen LogP contribution is -2.04. The van der Waals surface area contributed by atoms with E-state index in [1.165, 1.54) is 0 Å². The van der Waals surface area contributed by atoms with Gasteiger partial charge in [0.05, 0.1) is 5.02 Å². The van der Waals surface area contributed by atoms with Gasteiger partial charge >= 0.3 is 0 Å². The van der Waals surface area contributed by atoms with Crippen LogP contribution in [0, 0.1) is 0 Å². The number of aryl methyl sites for hydroxylation is 1. The Morgan fingerprint density at radius 1 is 1.20 bits per heavy atom. The van der Waals surface area contributed by atoms with E-state index >= 15 is 0 Å². The number of aromatic nitrogens is 2. The molecule has 0 aliphatic carbocycles. The van der Waals surface area contributed by atoms with Crippen LogP contribution in [0.15, 0.2) is 28.7 Å². The molecule has 2 aromatic rings. The second kappa shape index (κ2) is 7.04. The molecule has 106 valence electrons. The summed E-state index contributed by atoms with van der Waals surface area (Å²) in [4.78, 5) is 9.17. The predicted molar refractivity (Wildman–Crippen MR) is 88.3 cm³/mol. The molecule has 0 atom stereocenters. The third-order valence-electron chi connectivity index (χ3n) is 2.82. The highest BCUT2D eigenvalue weighted by molar-refractivity contribution is 9.10. The van der Waals surface area contributed by atoms with Crippen LogP contribution in [0.3, 0.4) is 0 Å². The summed E-state index contributed by atoms with van der Waals surface area (Å²) in [7, 11) is 0. The largest absolute Gasteiger partial charge is 0.370 e. The Hall–Kier alpha value is -1.13. The van der Waals surface area contributed by atoms with Crippen molar-refractivity contribution in [2.75, 3.05) is 11.9 Å². The lowest BCUT2D eigenvalue weighted by atomic mass is 10.2. The Labute approximate surface area is 132 Å². The van der Waals surface area contributed by atoms with Gasteiger partial charge in [0, 0.05) is 28.3 Å². The number of anilines is 1. The van der Waals surface area contributed by atoms with E-state index in [2.05, 4.69) is 45.1 Å². The third-order valence-corrected chi connectivity index (χ3v) is 4.05. The minimum atomic E-state index is 0.664. The first-order valence-corrected chi connectivity index (χ1v) is 7.88. The zero-order valence-corrected chi connectivity index (χ0v) is 13.9. The molecule has 20 heavy (non-hydrogen) atoms. The van der Waals surface area contributed by atoms with Gasteiger partial charge < -0.3 is 5.32 Å². The van der Waals surface area contributed by atoms with Gasteiger partial charge in [0.2, 0.25) is 0 Å². The van der Waals surface area contributed by atoms with Crippen molar-refractivity contribution in [2.45, 2.75) is 26.7 Å². The van der Waals surface area contributed by atoms with Crippen molar-refractivity contribution in [2.24, 2.45) is 0 Å². The van der Waals surface area contributed by atoms with Gasteiger partial charge in [-0.2, -0.15) is 0 Å². The van der Waals surface area contributed by atoms with Crippen LogP contribution in [0.1, 0.15) is 26.0 Å². The molecule has 0 fully saturated rings. The number of rotatable bonds is 5. The molecule has 0 radical (unpaired) electrons. The standard InChI is InChI=1S/C15H17BrClN3/c1-3-5-11-9-14(18-4-2)20-15(19-11)10-6-7-12(16)13(17)8-10/h6-9H,3-5H2,1-2H3,(H,18,19,20).